The van der Waals surface area contributed by atoms with Gasteiger partial charge in [-0.25, -0.2) is 4.79 Å². The Morgan fingerprint density at radius 3 is 2.63 bits per heavy atom. The fourth-order valence-electron chi connectivity index (χ4n) is 3.07. The summed E-state index contributed by atoms with van der Waals surface area (Å²) in [6.07, 6.45) is 5.80. The minimum absolute atomic E-state index is 0. The van der Waals surface area contributed by atoms with Gasteiger partial charge in [0.2, 0.25) is 5.91 Å². The van der Waals surface area contributed by atoms with Gasteiger partial charge in [-0.15, -0.1) is 12.4 Å². The Bertz CT molecular complexity index is 324. The van der Waals surface area contributed by atoms with Gasteiger partial charge in [0.15, 0.2) is 0 Å². The summed E-state index contributed by atoms with van der Waals surface area (Å²) in [6.45, 7) is 1.64. The van der Waals surface area contributed by atoms with Crippen molar-refractivity contribution < 1.29 is 14.3 Å². The number of hydrogen-bond acceptors (Lipinski definition) is 4. The van der Waals surface area contributed by atoms with Crippen molar-refractivity contribution in [1.82, 2.24) is 10.6 Å². The van der Waals surface area contributed by atoms with Gasteiger partial charge < -0.3 is 15.4 Å². The van der Waals surface area contributed by atoms with Gasteiger partial charge in [-0.3, -0.25) is 4.79 Å². The standard InChI is InChI=1S/C13H22N2O3.ClH/c1-8(13(17)18-2)14-12(16)11-7-9-5-3-4-6-10(9)15-11;/h8-11,15H,3-7H2,1-2H3,(H,14,16);1H/t8-,9?,10?,11?;/m1./s1. The van der Waals surface area contributed by atoms with E-state index in [1.54, 1.807) is 6.92 Å². The molecular formula is C13H23ClN2O3. The van der Waals surface area contributed by atoms with E-state index in [-0.39, 0.29) is 24.4 Å². The molecule has 5 nitrogen and oxygen atoms in total. The van der Waals surface area contributed by atoms with Gasteiger partial charge in [0, 0.05) is 6.04 Å². The van der Waals surface area contributed by atoms with Crippen molar-refractivity contribution in [3.63, 3.8) is 0 Å². The van der Waals surface area contributed by atoms with Crippen LogP contribution in [0, 0.1) is 5.92 Å². The molecule has 4 atom stereocenters. The van der Waals surface area contributed by atoms with Crippen molar-refractivity contribution >= 4 is 24.3 Å². The molecule has 2 aliphatic rings. The first-order valence-corrected chi connectivity index (χ1v) is 6.76. The number of amides is 1. The zero-order valence-corrected chi connectivity index (χ0v) is 12.3. The first-order chi connectivity index (χ1) is 8.61. The van der Waals surface area contributed by atoms with Crippen LogP contribution in [0.15, 0.2) is 0 Å². The number of esters is 1. The molecule has 1 aliphatic carbocycles. The smallest absolute Gasteiger partial charge is 0.328 e. The highest BCUT2D eigenvalue weighted by Crippen LogP contribution is 2.33. The molecule has 1 aliphatic heterocycles. The van der Waals surface area contributed by atoms with Crippen molar-refractivity contribution in [1.29, 1.82) is 0 Å². The van der Waals surface area contributed by atoms with Crippen molar-refractivity contribution in [2.24, 2.45) is 5.92 Å². The molecule has 1 amide bonds. The SMILES string of the molecule is COC(=O)[C@@H](C)NC(=O)C1CC2CCCCC2N1.Cl. The Labute approximate surface area is 120 Å². The zero-order chi connectivity index (χ0) is 13.1. The monoisotopic (exact) mass is 290 g/mol. The van der Waals surface area contributed by atoms with E-state index in [1.807, 2.05) is 0 Å². The van der Waals surface area contributed by atoms with E-state index < -0.39 is 12.0 Å². The topological polar surface area (TPSA) is 67.4 Å². The predicted octanol–water partition coefficient (Wildman–Crippen LogP) is 1.01. The second kappa shape index (κ2) is 7.10. The summed E-state index contributed by atoms with van der Waals surface area (Å²) in [5, 5.41) is 6.10. The van der Waals surface area contributed by atoms with Crippen LogP contribution in [0.4, 0.5) is 0 Å². The van der Waals surface area contributed by atoms with Crippen molar-refractivity contribution in [2.75, 3.05) is 7.11 Å². The average Bonchev–Trinajstić information content (AvgIpc) is 2.81. The summed E-state index contributed by atoms with van der Waals surface area (Å²) in [7, 11) is 1.33. The van der Waals surface area contributed by atoms with Gasteiger partial charge in [0.1, 0.15) is 6.04 Å². The van der Waals surface area contributed by atoms with Gasteiger partial charge in [0.05, 0.1) is 13.2 Å². The normalized spacial score (nSPS) is 30.7. The van der Waals surface area contributed by atoms with Gasteiger partial charge in [-0.1, -0.05) is 12.8 Å². The van der Waals surface area contributed by atoms with Crippen LogP contribution in [0.1, 0.15) is 39.0 Å². The second-order valence-corrected chi connectivity index (χ2v) is 5.36. The molecule has 1 saturated carbocycles. The molecule has 0 aromatic carbocycles. The van der Waals surface area contributed by atoms with Gasteiger partial charge in [-0.05, 0) is 32.1 Å². The number of carbonyl (C=O) groups is 2. The van der Waals surface area contributed by atoms with Crippen LogP contribution >= 0.6 is 12.4 Å². The fourth-order valence-corrected chi connectivity index (χ4v) is 3.07. The van der Waals surface area contributed by atoms with Gasteiger partial charge in [-0.2, -0.15) is 0 Å². The lowest BCUT2D eigenvalue weighted by Gasteiger charge is -2.24. The lowest BCUT2D eigenvalue weighted by Crippen LogP contribution is -2.48. The van der Waals surface area contributed by atoms with Crippen LogP contribution in [0.2, 0.25) is 0 Å². The quantitative estimate of drug-likeness (QED) is 0.761. The highest BCUT2D eigenvalue weighted by molar-refractivity contribution is 5.87. The molecule has 3 unspecified atom stereocenters. The van der Waals surface area contributed by atoms with Crippen molar-refractivity contribution in [3.8, 4) is 0 Å². The Balaban J connectivity index is 0.00000180. The molecule has 2 fully saturated rings. The third-order valence-corrected chi connectivity index (χ3v) is 4.09. The maximum Gasteiger partial charge on any atom is 0.328 e. The number of fused-ring (bicyclic) bond motifs is 1. The maximum absolute atomic E-state index is 12.0. The molecular weight excluding hydrogens is 268 g/mol. The number of carbonyl (C=O) groups excluding carboxylic acids is 2. The first kappa shape index (κ1) is 16.2. The van der Waals surface area contributed by atoms with Crippen molar-refractivity contribution in [2.45, 2.75) is 57.2 Å². The van der Waals surface area contributed by atoms with E-state index in [9.17, 15) is 9.59 Å². The minimum Gasteiger partial charge on any atom is -0.467 e. The van der Waals surface area contributed by atoms with Crippen molar-refractivity contribution in [3.05, 3.63) is 0 Å². The molecule has 1 heterocycles. The molecule has 0 bridgehead atoms. The molecule has 0 aromatic heterocycles. The van der Waals surface area contributed by atoms with Crippen LogP contribution in [0.25, 0.3) is 0 Å². The Morgan fingerprint density at radius 1 is 1.32 bits per heavy atom. The predicted molar refractivity (Wildman–Crippen MR) is 74.2 cm³/mol. The lowest BCUT2D eigenvalue weighted by molar-refractivity contribution is -0.144. The molecule has 19 heavy (non-hydrogen) atoms. The van der Waals surface area contributed by atoms with Crippen LogP contribution in [0.3, 0.4) is 0 Å². The summed E-state index contributed by atoms with van der Waals surface area (Å²) < 4.78 is 4.60. The lowest BCUT2D eigenvalue weighted by atomic mass is 9.85. The van der Waals surface area contributed by atoms with E-state index in [0.717, 1.165) is 6.42 Å². The maximum atomic E-state index is 12.0. The molecule has 6 heteroatoms. The first-order valence-electron chi connectivity index (χ1n) is 6.76. The Kier molecular flexibility index (Phi) is 6.07. The fraction of sp³-hybridized carbons (Fsp3) is 0.846. The number of rotatable bonds is 3. The molecule has 0 aromatic rings. The summed E-state index contributed by atoms with van der Waals surface area (Å²) in [5.41, 5.74) is 0. The highest BCUT2D eigenvalue weighted by atomic mass is 35.5. The summed E-state index contributed by atoms with van der Waals surface area (Å²) in [5.74, 6) is 0.143. The molecule has 2 N–H and O–H groups in total. The van der Waals surface area contributed by atoms with E-state index in [2.05, 4.69) is 15.4 Å². The second-order valence-electron chi connectivity index (χ2n) is 5.36. The van der Waals surface area contributed by atoms with Crippen LogP contribution in [0.5, 0.6) is 0 Å². The average molecular weight is 291 g/mol. The molecule has 0 spiro atoms. The number of nitrogens with one attached hydrogen (secondary N) is 2. The number of hydrogen-bond donors (Lipinski definition) is 2. The largest absolute Gasteiger partial charge is 0.467 e. The Hall–Kier alpha value is -0.810. The summed E-state index contributed by atoms with van der Waals surface area (Å²) >= 11 is 0. The van der Waals surface area contributed by atoms with Gasteiger partial charge in [0.25, 0.3) is 0 Å². The van der Waals surface area contributed by atoms with Crippen LogP contribution < -0.4 is 10.6 Å². The summed E-state index contributed by atoms with van der Waals surface area (Å²) in [4.78, 5) is 23.3. The third-order valence-electron chi connectivity index (χ3n) is 4.09. The van der Waals surface area contributed by atoms with E-state index >= 15 is 0 Å². The highest BCUT2D eigenvalue weighted by Gasteiger charge is 2.38. The van der Waals surface area contributed by atoms with Crippen LogP contribution in [-0.2, 0) is 14.3 Å². The molecule has 2 rings (SSSR count). The number of methoxy groups -OCH3 is 1. The molecule has 1 saturated heterocycles. The van der Waals surface area contributed by atoms with Crippen LogP contribution in [-0.4, -0.2) is 37.1 Å². The van der Waals surface area contributed by atoms with E-state index in [4.69, 9.17) is 0 Å². The third kappa shape index (κ3) is 3.83. The van der Waals surface area contributed by atoms with E-state index in [1.165, 1.54) is 32.8 Å². The van der Waals surface area contributed by atoms with Gasteiger partial charge >= 0.3 is 5.97 Å². The molecule has 0 radical (unpaired) electrons. The Morgan fingerprint density at radius 2 is 2.00 bits per heavy atom. The number of ether oxygens (including phenoxy) is 1. The summed E-state index contributed by atoms with van der Waals surface area (Å²) in [6, 6.07) is -0.236. The number of halogens is 1. The molecule has 110 valence electrons. The minimum atomic E-state index is -0.577. The zero-order valence-electron chi connectivity index (χ0n) is 11.5. The van der Waals surface area contributed by atoms with E-state index in [0.29, 0.717) is 12.0 Å².